The monoisotopic (exact) mass is 284 g/mol. The van der Waals surface area contributed by atoms with Gasteiger partial charge in [0.1, 0.15) is 0 Å². The molecule has 0 saturated heterocycles. The number of imidazole rings is 1. The van der Waals surface area contributed by atoms with E-state index < -0.39 is 0 Å². The molecule has 4 nitrogen and oxygen atoms in total. The molecule has 6 heteroatoms. The van der Waals surface area contributed by atoms with Crippen LogP contribution in [0.2, 0.25) is 0 Å². The van der Waals surface area contributed by atoms with Gasteiger partial charge in [-0.25, -0.2) is 4.98 Å². The molecule has 0 aliphatic heterocycles. The third-order valence-electron chi connectivity index (χ3n) is 3.09. The Balaban J connectivity index is 2.36. The van der Waals surface area contributed by atoms with Crippen molar-refractivity contribution in [2.45, 2.75) is 19.5 Å². The van der Waals surface area contributed by atoms with E-state index in [9.17, 15) is 0 Å². The summed E-state index contributed by atoms with van der Waals surface area (Å²) in [6, 6.07) is 0.486. The summed E-state index contributed by atoms with van der Waals surface area (Å²) in [5.41, 5.74) is 1.24. The van der Waals surface area contributed by atoms with Gasteiger partial charge in [0.2, 0.25) is 0 Å². The highest BCUT2D eigenvalue weighted by Crippen LogP contribution is 2.25. The maximum Gasteiger partial charge on any atom is 0.195 e. The van der Waals surface area contributed by atoms with E-state index in [1.54, 1.807) is 11.3 Å². The van der Waals surface area contributed by atoms with Crippen molar-refractivity contribution in [1.29, 1.82) is 0 Å². The van der Waals surface area contributed by atoms with E-state index in [4.69, 9.17) is 4.98 Å². The molecular weight excluding hydrogens is 264 g/mol. The van der Waals surface area contributed by atoms with Crippen LogP contribution in [0, 0.1) is 0 Å². The van der Waals surface area contributed by atoms with E-state index in [1.807, 2.05) is 18.8 Å². The predicted octanol–water partition coefficient (Wildman–Crippen LogP) is 2.30. The zero-order valence-corrected chi connectivity index (χ0v) is 12.9. The fraction of sp³-hybridized carbons (Fsp3) is 0.583. The smallest absolute Gasteiger partial charge is 0.195 e. The first-order chi connectivity index (χ1) is 8.69. The molecule has 2 rings (SSSR count). The molecule has 0 saturated carbocycles. The van der Waals surface area contributed by atoms with E-state index in [-0.39, 0.29) is 0 Å². The zero-order chi connectivity index (χ0) is 13.1. The minimum Gasteiger partial charge on any atom is -0.355 e. The minimum atomic E-state index is 0.486. The summed E-state index contributed by atoms with van der Waals surface area (Å²) in [6.07, 6.45) is 4.24. The number of thiazole rings is 1. The molecule has 18 heavy (non-hydrogen) atoms. The highest BCUT2D eigenvalue weighted by molar-refractivity contribution is 7.98. The van der Waals surface area contributed by atoms with Crippen LogP contribution in [0.4, 0.5) is 5.82 Å². The van der Waals surface area contributed by atoms with Gasteiger partial charge in [-0.05, 0) is 20.2 Å². The van der Waals surface area contributed by atoms with Gasteiger partial charge in [-0.1, -0.05) is 0 Å². The van der Waals surface area contributed by atoms with Gasteiger partial charge in [-0.2, -0.15) is 11.8 Å². The minimum absolute atomic E-state index is 0.486. The molecule has 0 bridgehead atoms. The van der Waals surface area contributed by atoms with E-state index in [1.165, 1.54) is 5.69 Å². The lowest BCUT2D eigenvalue weighted by Crippen LogP contribution is -2.32. The first-order valence-corrected chi connectivity index (χ1v) is 8.27. The third kappa shape index (κ3) is 2.50. The fourth-order valence-electron chi connectivity index (χ4n) is 2.00. The Morgan fingerprint density at radius 3 is 3.06 bits per heavy atom. The SMILES string of the molecule is CNCc1c(N(C)C(C)CSC)nc2sccn12. The van der Waals surface area contributed by atoms with Crippen LogP contribution in [0.5, 0.6) is 0 Å². The molecule has 2 aromatic heterocycles. The number of anilines is 1. The van der Waals surface area contributed by atoms with Crippen molar-refractivity contribution in [1.82, 2.24) is 14.7 Å². The molecule has 0 radical (unpaired) electrons. The van der Waals surface area contributed by atoms with Crippen molar-refractivity contribution >= 4 is 33.9 Å². The Kier molecular flexibility index (Phi) is 4.53. The average molecular weight is 284 g/mol. The number of nitrogens with zero attached hydrogens (tertiary/aromatic N) is 3. The lowest BCUT2D eigenvalue weighted by molar-refractivity contribution is 0.730. The number of hydrogen-bond donors (Lipinski definition) is 1. The summed E-state index contributed by atoms with van der Waals surface area (Å²) >= 11 is 3.55. The number of fused-ring (bicyclic) bond motifs is 1. The molecule has 2 heterocycles. The van der Waals surface area contributed by atoms with Crippen LogP contribution in [0.1, 0.15) is 12.6 Å². The Morgan fingerprint density at radius 2 is 2.39 bits per heavy atom. The van der Waals surface area contributed by atoms with Crippen molar-refractivity contribution in [2.24, 2.45) is 0 Å². The molecule has 0 fully saturated rings. The molecule has 1 unspecified atom stereocenters. The van der Waals surface area contributed by atoms with Crippen LogP contribution < -0.4 is 10.2 Å². The summed E-state index contributed by atoms with van der Waals surface area (Å²) in [5.74, 6) is 2.21. The van der Waals surface area contributed by atoms with Crippen molar-refractivity contribution in [2.75, 3.05) is 31.0 Å². The Labute approximate surface area is 116 Å². The van der Waals surface area contributed by atoms with Crippen molar-refractivity contribution in [3.05, 3.63) is 17.3 Å². The van der Waals surface area contributed by atoms with Crippen molar-refractivity contribution in [3.63, 3.8) is 0 Å². The second kappa shape index (κ2) is 5.95. The van der Waals surface area contributed by atoms with Gasteiger partial charge in [-0.15, -0.1) is 11.3 Å². The predicted molar refractivity (Wildman–Crippen MR) is 82.1 cm³/mol. The van der Waals surface area contributed by atoms with Crippen LogP contribution in [-0.2, 0) is 6.54 Å². The van der Waals surface area contributed by atoms with Gasteiger partial charge >= 0.3 is 0 Å². The summed E-state index contributed by atoms with van der Waals surface area (Å²) in [7, 11) is 4.10. The standard InChI is InChI=1S/C12H20N4S2/c1-9(8-17-4)15(3)11-10(7-13-2)16-5-6-18-12(16)14-11/h5-6,9,13H,7-8H2,1-4H3. The molecule has 0 amide bonds. The number of hydrogen-bond acceptors (Lipinski definition) is 5. The molecule has 0 aliphatic rings. The number of nitrogens with one attached hydrogen (secondary N) is 1. The lowest BCUT2D eigenvalue weighted by Gasteiger charge is -2.25. The van der Waals surface area contributed by atoms with Gasteiger partial charge in [-0.3, -0.25) is 4.40 Å². The second-order valence-electron chi connectivity index (χ2n) is 4.38. The van der Waals surface area contributed by atoms with E-state index in [2.05, 4.69) is 46.4 Å². The summed E-state index contributed by atoms with van der Waals surface area (Å²) in [4.78, 5) is 8.10. The lowest BCUT2D eigenvalue weighted by atomic mass is 10.3. The van der Waals surface area contributed by atoms with Crippen LogP contribution >= 0.6 is 23.1 Å². The fourth-order valence-corrected chi connectivity index (χ4v) is 3.43. The molecule has 0 spiro atoms. The molecule has 0 aromatic carbocycles. The third-order valence-corrected chi connectivity index (χ3v) is 4.66. The van der Waals surface area contributed by atoms with Crippen LogP contribution in [-0.4, -0.2) is 41.5 Å². The van der Waals surface area contributed by atoms with Crippen LogP contribution in [0.25, 0.3) is 4.96 Å². The molecule has 1 N–H and O–H groups in total. The van der Waals surface area contributed by atoms with Gasteiger partial charge in [0.15, 0.2) is 10.8 Å². The maximum absolute atomic E-state index is 4.75. The second-order valence-corrected chi connectivity index (χ2v) is 6.17. The number of rotatable bonds is 6. The summed E-state index contributed by atoms with van der Waals surface area (Å²) in [6.45, 7) is 3.08. The first-order valence-electron chi connectivity index (χ1n) is 5.99. The van der Waals surface area contributed by atoms with Gasteiger partial charge < -0.3 is 10.2 Å². The van der Waals surface area contributed by atoms with E-state index in [0.29, 0.717) is 6.04 Å². The highest BCUT2D eigenvalue weighted by atomic mass is 32.2. The van der Waals surface area contributed by atoms with E-state index in [0.717, 1.165) is 23.1 Å². The summed E-state index contributed by atoms with van der Waals surface area (Å²) in [5, 5.41) is 5.31. The largest absolute Gasteiger partial charge is 0.355 e. The molecular formula is C12H20N4S2. The van der Waals surface area contributed by atoms with Crippen molar-refractivity contribution < 1.29 is 0 Å². The molecule has 1 atom stereocenters. The van der Waals surface area contributed by atoms with E-state index >= 15 is 0 Å². The Morgan fingerprint density at radius 1 is 1.61 bits per heavy atom. The van der Waals surface area contributed by atoms with Crippen LogP contribution in [0.15, 0.2) is 11.6 Å². The Hall–Kier alpha value is -0.720. The number of thioether (sulfide) groups is 1. The molecule has 100 valence electrons. The summed E-state index contributed by atoms with van der Waals surface area (Å²) < 4.78 is 2.18. The highest BCUT2D eigenvalue weighted by Gasteiger charge is 2.19. The molecule has 0 aliphatic carbocycles. The topological polar surface area (TPSA) is 32.6 Å². The zero-order valence-electron chi connectivity index (χ0n) is 11.3. The Bertz CT molecular complexity index is 505. The quantitative estimate of drug-likeness (QED) is 0.882. The number of aromatic nitrogens is 2. The molecule has 2 aromatic rings. The van der Waals surface area contributed by atoms with Gasteiger partial charge in [0, 0.05) is 37.0 Å². The van der Waals surface area contributed by atoms with Crippen LogP contribution in [0.3, 0.4) is 0 Å². The van der Waals surface area contributed by atoms with Gasteiger partial charge in [0.05, 0.1) is 5.69 Å². The average Bonchev–Trinajstić information content (AvgIpc) is 2.91. The van der Waals surface area contributed by atoms with Gasteiger partial charge in [0.25, 0.3) is 0 Å². The normalized spacial score (nSPS) is 13.1. The van der Waals surface area contributed by atoms with Crippen molar-refractivity contribution in [3.8, 4) is 0 Å². The maximum atomic E-state index is 4.75. The first kappa shape index (κ1) is 13.7.